The molecule has 7 nitrogen and oxygen atoms in total. The Morgan fingerprint density at radius 3 is 2.28 bits per heavy atom. The summed E-state index contributed by atoms with van der Waals surface area (Å²) in [6.45, 7) is 1.76. The summed E-state index contributed by atoms with van der Waals surface area (Å²) in [4.78, 5) is 40.8. The van der Waals surface area contributed by atoms with Crippen molar-refractivity contribution >= 4 is 17.8 Å². The van der Waals surface area contributed by atoms with Crippen LogP contribution in [-0.4, -0.2) is 79.4 Å². The minimum absolute atomic E-state index is 0.0550. The summed E-state index contributed by atoms with van der Waals surface area (Å²) in [5, 5.41) is 2.59. The van der Waals surface area contributed by atoms with Crippen molar-refractivity contribution in [1.29, 1.82) is 0 Å². The van der Waals surface area contributed by atoms with Crippen molar-refractivity contribution in [3.8, 4) is 0 Å². The van der Waals surface area contributed by atoms with Crippen LogP contribution in [0.4, 0.5) is 9.18 Å². The average Bonchev–Trinajstić information content (AvgIpc) is 2.85. The first-order valence-corrected chi connectivity index (χ1v) is 8.16. The van der Waals surface area contributed by atoms with Gasteiger partial charge >= 0.3 is 6.03 Å². The predicted molar refractivity (Wildman–Crippen MR) is 90.6 cm³/mol. The normalized spacial score (nSPS) is 14.7. The Morgan fingerprint density at radius 2 is 1.64 bits per heavy atom. The fraction of sp³-hybridized carbons (Fsp3) is 0.471. The van der Waals surface area contributed by atoms with Crippen molar-refractivity contribution in [2.45, 2.75) is 6.42 Å². The SMILES string of the molecule is CN(C)C(=O)CNC(=O)N1CCCN(C(=O)c2ccc(F)cc2)CC1. The zero-order valence-corrected chi connectivity index (χ0v) is 14.5. The summed E-state index contributed by atoms with van der Waals surface area (Å²) in [5.41, 5.74) is 0.427. The number of hydrogen-bond donors (Lipinski definition) is 1. The van der Waals surface area contributed by atoms with E-state index in [2.05, 4.69) is 5.32 Å². The molecule has 1 aliphatic heterocycles. The van der Waals surface area contributed by atoms with Gasteiger partial charge in [-0.15, -0.1) is 0 Å². The van der Waals surface area contributed by atoms with Crippen LogP contribution in [0.25, 0.3) is 0 Å². The quantitative estimate of drug-likeness (QED) is 0.875. The molecule has 25 heavy (non-hydrogen) atoms. The number of urea groups is 1. The Hall–Kier alpha value is -2.64. The second-order valence-electron chi connectivity index (χ2n) is 6.09. The molecule has 1 saturated heterocycles. The number of nitrogens with one attached hydrogen (secondary N) is 1. The van der Waals surface area contributed by atoms with Gasteiger partial charge in [0.2, 0.25) is 5.91 Å². The molecule has 0 aromatic heterocycles. The Kier molecular flexibility index (Phi) is 6.32. The van der Waals surface area contributed by atoms with Crippen LogP contribution in [0.3, 0.4) is 0 Å². The van der Waals surface area contributed by atoms with Gasteiger partial charge in [0.25, 0.3) is 5.91 Å². The van der Waals surface area contributed by atoms with E-state index in [-0.39, 0.29) is 30.2 Å². The molecule has 1 aliphatic rings. The number of halogens is 1. The first-order chi connectivity index (χ1) is 11.9. The summed E-state index contributed by atoms with van der Waals surface area (Å²) in [6.07, 6.45) is 0.641. The largest absolute Gasteiger partial charge is 0.347 e. The molecule has 1 fully saturated rings. The first kappa shape index (κ1) is 18.7. The minimum Gasteiger partial charge on any atom is -0.347 e. The highest BCUT2D eigenvalue weighted by Gasteiger charge is 2.23. The maximum Gasteiger partial charge on any atom is 0.317 e. The number of benzene rings is 1. The van der Waals surface area contributed by atoms with Gasteiger partial charge < -0.3 is 20.0 Å². The third-order valence-electron chi connectivity index (χ3n) is 4.05. The van der Waals surface area contributed by atoms with Crippen LogP contribution >= 0.6 is 0 Å². The van der Waals surface area contributed by atoms with E-state index in [0.29, 0.717) is 38.2 Å². The highest BCUT2D eigenvalue weighted by atomic mass is 19.1. The number of amides is 4. The molecular formula is C17H23FN4O3. The van der Waals surface area contributed by atoms with E-state index < -0.39 is 0 Å². The fourth-order valence-corrected chi connectivity index (χ4v) is 2.52. The zero-order valence-electron chi connectivity index (χ0n) is 14.5. The number of rotatable bonds is 3. The molecule has 0 aliphatic carbocycles. The molecule has 1 aromatic rings. The monoisotopic (exact) mass is 350 g/mol. The zero-order chi connectivity index (χ0) is 18.4. The van der Waals surface area contributed by atoms with Crippen molar-refractivity contribution in [2.75, 3.05) is 46.8 Å². The van der Waals surface area contributed by atoms with Crippen LogP contribution < -0.4 is 5.32 Å². The van der Waals surface area contributed by atoms with E-state index in [0.717, 1.165) is 0 Å². The highest BCUT2D eigenvalue weighted by molar-refractivity contribution is 5.94. The van der Waals surface area contributed by atoms with Gasteiger partial charge in [-0.25, -0.2) is 9.18 Å². The van der Waals surface area contributed by atoms with E-state index in [1.54, 1.807) is 23.9 Å². The van der Waals surface area contributed by atoms with Gasteiger partial charge in [0.1, 0.15) is 5.82 Å². The molecule has 4 amide bonds. The second kappa shape index (κ2) is 8.46. The molecule has 2 rings (SSSR count). The van der Waals surface area contributed by atoms with Crippen LogP contribution in [0.15, 0.2) is 24.3 Å². The van der Waals surface area contributed by atoms with Crippen LogP contribution in [0.2, 0.25) is 0 Å². The van der Waals surface area contributed by atoms with E-state index >= 15 is 0 Å². The molecule has 0 radical (unpaired) electrons. The van der Waals surface area contributed by atoms with Crippen molar-refractivity contribution in [2.24, 2.45) is 0 Å². The Balaban J connectivity index is 1.88. The molecule has 1 N–H and O–H groups in total. The summed E-state index contributed by atoms with van der Waals surface area (Å²) in [5.74, 6) is -0.746. The van der Waals surface area contributed by atoms with Gasteiger partial charge in [0, 0.05) is 45.8 Å². The lowest BCUT2D eigenvalue weighted by molar-refractivity contribution is -0.127. The van der Waals surface area contributed by atoms with Gasteiger partial charge in [-0.3, -0.25) is 9.59 Å². The van der Waals surface area contributed by atoms with Gasteiger partial charge in [-0.1, -0.05) is 0 Å². The third-order valence-corrected chi connectivity index (χ3v) is 4.05. The molecule has 0 saturated carbocycles. The fourth-order valence-electron chi connectivity index (χ4n) is 2.52. The van der Waals surface area contributed by atoms with Crippen molar-refractivity contribution in [3.05, 3.63) is 35.6 Å². The summed E-state index contributed by atoms with van der Waals surface area (Å²) >= 11 is 0. The standard InChI is InChI=1S/C17H23FN4O3/c1-20(2)15(23)12-19-17(25)22-9-3-8-21(10-11-22)16(24)13-4-6-14(18)7-5-13/h4-7H,3,8-12H2,1-2H3,(H,19,25). The number of carbonyl (C=O) groups is 3. The van der Waals surface area contributed by atoms with Gasteiger partial charge in [0.05, 0.1) is 6.54 Å². The van der Waals surface area contributed by atoms with E-state index in [4.69, 9.17) is 0 Å². The molecule has 0 spiro atoms. The predicted octanol–water partition coefficient (Wildman–Crippen LogP) is 0.771. The molecule has 0 bridgehead atoms. The minimum atomic E-state index is -0.387. The topological polar surface area (TPSA) is 73.0 Å². The molecule has 0 atom stereocenters. The van der Waals surface area contributed by atoms with Crippen molar-refractivity contribution in [3.63, 3.8) is 0 Å². The van der Waals surface area contributed by atoms with Crippen LogP contribution in [0.5, 0.6) is 0 Å². The van der Waals surface area contributed by atoms with Gasteiger partial charge in [0.15, 0.2) is 0 Å². The Labute approximate surface area is 146 Å². The molecule has 136 valence electrons. The highest BCUT2D eigenvalue weighted by Crippen LogP contribution is 2.10. The van der Waals surface area contributed by atoms with Gasteiger partial charge in [-0.2, -0.15) is 0 Å². The average molecular weight is 350 g/mol. The summed E-state index contributed by atoms with van der Waals surface area (Å²) < 4.78 is 13.0. The number of carbonyl (C=O) groups excluding carboxylic acids is 3. The Morgan fingerprint density at radius 1 is 1.04 bits per heavy atom. The number of likely N-dealkylation sites (N-methyl/N-ethyl adjacent to an activating group) is 1. The van der Waals surface area contributed by atoms with E-state index in [1.807, 2.05) is 0 Å². The second-order valence-corrected chi connectivity index (χ2v) is 6.09. The first-order valence-electron chi connectivity index (χ1n) is 8.16. The van der Waals surface area contributed by atoms with Crippen molar-refractivity contribution < 1.29 is 18.8 Å². The molecular weight excluding hydrogens is 327 g/mol. The third kappa shape index (κ3) is 5.17. The van der Waals surface area contributed by atoms with E-state index in [1.165, 1.54) is 29.2 Å². The lowest BCUT2D eigenvalue weighted by Crippen LogP contribution is -2.45. The Bertz CT molecular complexity index is 633. The lowest BCUT2D eigenvalue weighted by Gasteiger charge is -2.22. The number of hydrogen-bond acceptors (Lipinski definition) is 3. The maximum absolute atomic E-state index is 13.0. The van der Waals surface area contributed by atoms with E-state index in [9.17, 15) is 18.8 Å². The summed E-state index contributed by atoms with van der Waals surface area (Å²) in [7, 11) is 3.25. The molecule has 1 heterocycles. The lowest BCUT2D eigenvalue weighted by atomic mass is 10.2. The van der Waals surface area contributed by atoms with Crippen molar-refractivity contribution in [1.82, 2.24) is 20.0 Å². The smallest absolute Gasteiger partial charge is 0.317 e. The van der Waals surface area contributed by atoms with Gasteiger partial charge in [-0.05, 0) is 30.7 Å². The maximum atomic E-state index is 13.0. The van der Waals surface area contributed by atoms with Crippen LogP contribution in [0.1, 0.15) is 16.8 Å². The molecule has 8 heteroatoms. The molecule has 0 unspecified atom stereocenters. The molecule has 1 aromatic carbocycles. The van der Waals surface area contributed by atoms with Crippen LogP contribution in [0, 0.1) is 5.82 Å². The number of nitrogens with zero attached hydrogens (tertiary/aromatic N) is 3. The van der Waals surface area contributed by atoms with Crippen LogP contribution in [-0.2, 0) is 4.79 Å². The summed E-state index contributed by atoms with van der Waals surface area (Å²) in [6, 6.07) is 5.12.